The molecule has 148 valence electrons. The highest BCUT2D eigenvalue weighted by molar-refractivity contribution is 5.90. The number of cyclic esters (lactones) is 1. The van der Waals surface area contributed by atoms with Crippen molar-refractivity contribution in [2.24, 2.45) is 11.8 Å². The van der Waals surface area contributed by atoms with Crippen LogP contribution in [0.25, 0.3) is 0 Å². The molecule has 2 rings (SSSR count). The average molecular weight is 374 g/mol. The minimum absolute atomic E-state index is 0.0507. The summed E-state index contributed by atoms with van der Waals surface area (Å²) in [6.07, 6.45) is 6.11. The molecule has 5 nitrogen and oxygen atoms in total. The van der Waals surface area contributed by atoms with Crippen molar-refractivity contribution < 1.29 is 24.2 Å². The first-order valence-electron chi connectivity index (χ1n) is 9.41. The Kier molecular flexibility index (Phi) is 7.19. The van der Waals surface area contributed by atoms with Gasteiger partial charge in [-0.15, -0.1) is 0 Å². The minimum Gasteiger partial charge on any atom is -0.462 e. The lowest BCUT2D eigenvalue weighted by Crippen LogP contribution is -2.35. The van der Waals surface area contributed by atoms with Crippen LogP contribution in [-0.4, -0.2) is 35.9 Å². The maximum atomic E-state index is 12.4. The molecule has 27 heavy (non-hydrogen) atoms. The number of allylic oxidation sites excluding steroid dienone is 2. The van der Waals surface area contributed by atoms with Gasteiger partial charge >= 0.3 is 11.9 Å². The smallest absolute Gasteiger partial charge is 0.334 e. The summed E-state index contributed by atoms with van der Waals surface area (Å²) in [6.45, 7) is 11.7. The van der Waals surface area contributed by atoms with E-state index in [2.05, 4.69) is 6.58 Å². The topological polar surface area (TPSA) is 72.8 Å². The largest absolute Gasteiger partial charge is 0.462 e. The first-order chi connectivity index (χ1) is 12.7. The van der Waals surface area contributed by atoms with E-state index < -0.39 is 6.10 Å². The van der Waals surface area contributed by atoms with Crippen molar-refractivity contribution in [3.05, 3.63) is 47.1 Å². The first kappa shape index (κ1) is 21.2. The molecule has 1 aliphatic carbocycles. The van der Waals surface area contributed by atoms with E-state index in [4.69, 9.17) is 9.47 Å². The second kappa shape index (κ2) is 9.18. The fourth-order valence-corrected chi connectivity index (χ4v) is 3.80. The van der Waals surface area contributed by atoms with Crippen molar-refractivity contribution >= 4 is 11.9 Å². The summed E-state index contributed by atoms with van der Waals surface area (Å²) in [5, 5.41) is 10.3. The van der Waals surface area contributed by atoms with Gasteiger partial charge in [0.1, 0.15) is 6.10 Å². The summed E-state index contributed by atoms with van der Waals surface area (Å²) in [4.78, 5) is 23.8. The number of hydrogen-bond donors (Lipinski definition) is 1. The van der Waals surface area contributed by atoms with Gasteiger partial charge in [0.2, 0.25) is 0 Å². The van der Waals surface area contributed by atoms with Crippen molar-refractivity contribution in [2.45, 2.75) is 59.2 Å². The van der Waals surface area contributed by atoms with E-state index in [0.717, 1.165) is 29.6 Å². The first-order valence-corrected chi connectivity index (χ1v) is 9.41. The molecule has 0 amide bonds. The number of carbonyl (C=O) groups excluding carboxylic acids is 2. The molecule has 1 aliphatic heterocycles. The van der Waals surface area contributed by atoms with E-state index in [1.165, 1.54) is 6.92 Å². The monoisotopic (exact) mass is 374 g/mol. The maximum absolute atomic E-state index is 12.4. The van der Waals surface area contributed by atoms with Crippen LogP contribution in [0.2, 0.25) is 0 Å². The molecular formula is C22H30O5. The second-order valence-electron chi connectivity index (χ2n) is 7.73. The molecule has 0 unspecified atom stereocenters. The molecule has 0 bridgehead atoms. The van der Waals surface area contributed by atoms with Crippen molar-refractivity contribution in [2.75, 3.05) is 6.61 Å². The van der Waals surface area contributed by atoms with Gasteiger partial charge in [-0.05, 0) is 45.8 Å². The van der Waals surface area contributed by atoms with Crippen LogP contribution >= 0.6 is 0 Å². The predicted molar refractivity (Wildman–Crippen MR) is 104 cm³/mol. The van der Waals surface area contributed by atoms with Crippen LogP contribution < -0.4 is 0 Å². The summed E-state index contributed by atoms with van der Waals surface area (Å²) in [7, 11) is 0. The average Bonchev–Trinajstić information content (AvgIpc) is 2.58. The van der Waals surface area contributed by atoms with Gasteiger partial charge in [0.05, 0.1) is 12.7 Å². The van der Waals surface area contributed by atoms with E-state index in [1.807, 2.05) is 26.8 Å². The molecule has 0 saturated carbocycles. The van der Waals surface area contributed by atoms with Crippen molar-refractivity contribution in [1.82, 2.24) is 0 Å². The van der Waals surface area contributed by atoms with Gasteiger partial charge in [-0.3, -0.25) is 4.79 Å². The number of esters is 2. The molecule has 0 aromatic carbocycles. The van der Waals surface area contributed by atoms with Crippen LogP contribution in [0.5, 0.6) is 0 Å². The van der Waals surface area contributed by atoms with E-state index in [1.54, 1.807) is 12.2 Å². The van der Waals surface area contributed by atoms with Crippen molar-refractivity contribution in [3.8, 4) is 0 Å². The molecule has 1 fully saturated rings. The number of aliphatic hydroxyl groups is 1. The molecule has 0 aromatic rings. The van der Waals surface area contributed by atoms with Crippen molar-refractivity contribution in [1.29, 1.82) is 0 Å². The zero-order chi connectivity index (χ0) is 20.1. The van der Waals surface area contributed by atoms with Gasteiger partial charge in [0.15, 0.2) is 0 Å². The standard InChI is InChI=1S/C22H30O5/c1-13(2)8-17(24)11-20-19-7-6-14(3)9-18(27-16(5)23)10-15(4)21(19)12-26-22(20)25/h8-9,11,17-19,21,24H,4,6-7,10,12H2,1-3,5H3/b14-9-,20-11+/t17-,18+,19-,21+/m1/s1. The molecule has 1 saturated heterocycles. The summed E-state index contributed by atoms with van der Waals surface area (Å²) >= 11 is 0. The van der Waals surface area contributed by atoms with Gasteiger partial charge in [-0.25, -0.2) is 4.79 Å². The lowest BCUT2D eigenvalue weighted by atomic mass is 9.76. The third kappa shape index (κ3) is 5.93. The third-order valence-electron chi connectivity index (χ3n) is 4.99. The Morgan fingerprint density at radius 2 is 2.07 bits per heavy atom. The molecule has 1 heterocycles. The molecule has 0 aromatic heterocycles. The zero-order valence-electron chi connectivity index (χ0n) is 16.7. The summed E-state index contributed by atoms with van der Waals surface area (Å²) in [5.74, 6) is -0.820. The number of ether oxygens (including phenoxy) is 2. The number of hydrogen-bond acceptors (Lipinski definition) is 5. The van der Waals surface area contributed by atoms with Gasteiger partial charge < -0.3 is 14.6 Å². The van der Waals surface area contributed by atoms with Gasteiger partial charge in [0.25, 0.3) is 0 Å². The quantitative estimate of drug-likeness (QED) is 0.464. The van der Waals surface area contributed by atoms with Crippen LogP contribution in [0.4, 0.5) is 0 Å². The Morgan fingerprint density at radius 3 is 2.70 bits per heavy atom. The molecule has 0 spiro atoms. The maximum Gasteiger partial charge on any atom is 0.334 e. The molecule has 2 aliphatic rings. The summed E-state index contributed by atoms with van der Waals surface area (Å²) in [6, 6.07) is 0. The fraction of sp³-hybridized carbons (Fsp3) is 0.545. The molecular weight excluding hydrogens is 344 g/mol. The van der Waals surface area contributed by atoms with E-state index in [9.17, 15) is 14.7 Å². The SMILES string of the molecule is C=C1C[C@@H](OC(C)=O)/C=C(/C)CC[C@@H]2/C(=C\[C@H](O)C=C(C)C)C(=O)OC[C@@H]12. The lowest BCUT2D eigenvalue weighted by molar-refractivity contribution is -0.145. The normalized spacial score (nSPS) is 30.6. The van der Waals surface area contributed by atoms with Crippen molar-refractivity contribution in [3.63, 3.8) is 0 Å². The Hall–Kier alpha value is -2.14. The molecule has 0 radical (unpaired) electrons. The summed E-state index contributed by atoms with van der Waals surface area (Å²) in [5.41, 5.74) is 3.49. The van der Waals surface area contributed by atoms with E-state index >= 15 is 0 Å². The number of fused-ring (bicyclic) bond motifs is 1. The van der Waals surface area contributed by atoms with Crippen LogP contribution in [0, 0.1) is 11.8 Å². The number of carbonyl (C=O) groups is 2. The van der Waals surface area contributed by atoms with E-state index in [0.29, 0.717) is 12.0 Å². The van der Waals surface area contributed by atoms with Gasteiger partial charge in [0, 0.05) is 30.8 Å². The Bertz CT molecular complexity index is 693. The van der Waals surface area contributed by atoms with Crippen LogP contribution in [0.15, 0.2) is 47.1 Å². The predicted octanol–water partition coefficient (Wildman–Crippen LogP) is 3.65. The van der Waals surface area contributed by atoms with Crippen LogP contribution in [-0.2, 0) is 19.1 Å². The highest BCUT2D eigenvalue weighted by atomic mass is 16.5. The van der Waals surface area contributed by atoms with Gasteiger partial charge in [-0.2, -0.15) is 0 Å². The Labute approximate surface area is 161 Å². The van der Waals surface area contributed by atoms with Crippen LogP contribution in [0.3, 0.4) is 0 Å². The highest BCUT2D eigenvalue weighted by Gasteiger charge is 2.38. The molecule has 4 atom stereocenters. The minimum atomic E-state index is -0.831. The summed E-state index contributed by atoms with van der Waals surface area (Å²) < 4.78 is 10.8. The lowest BCUT2D eigenvalue weighted by Gasteiger charge is -2.34. The third-order valence-corrected chi connectivity index (χ3v) is 4.99. The highest BCUT2D eigenvalue weighted by Crippen LogP contribution is 2.39. The molecule has 5 heteroatoms. The zero-order valence-corrected chi connectivity index (χ0v) is 16.7. The van der Waals surface area contributed by atoms with Gasteiger partial charge in [-0.1, -0.05) is 29.4 Å². The fourth-order valence-electron chi connectivity index (χ4n) is 3.80. The number of rotatable bonds is 3. The Morgan fingerprint density at radius 1 is 1.37 bits per heavy atom. The molecule has 1 N–H and O–H groups in total. The van der Waals surface area contributed by atoms with E-state index in [-0.39, 0.29) is 36.5 Å². The second-order valence-corrected chi connectivity index (χ2v) is 7.73. The van der Waals surface area contributed by atoms with Crippen LogP contribution in [0.1, 0.15) is 47.0 Å². The Balaban J connectivity index is 2.34. The number of aliphatic hydroxyl groups excluding tert-OH is 1.